The predicted octanol–water partition coefficient (Wildman–Crippen LogP) is 4.27. The third-order valence-electron chi connectivity index (χ3n) is 3.83. The number of allylic oxidation sites excluding steroid dienone is 1. The van der Waals surface area contributed by atoms with Crippen LogP contribution in [0.3, 0.4) is 0 Å². The Hall–Kier alpha value is -2.00. The summed E-state index contributed by atoms with van der Waals surface area (Å²) in [6.07, 6.45) is 6.61. The van der Waals surface area contributed by atoms with Gasteiger partial charge >= 0.3 is 0 Å². The molecule has 20 heavy (non-hydrogen) atoms. The predicted molar refractivity (Wildman–Crippen MR) is 85.7 cm³/mol. The minimum absolute atomic E-state index is 0.745. The summed E-state index contributed by atoms with van der Waals surface area (Å²) in [4.78, 5) is 4.55. The van der Waals surface area contributed by atoms with E-state index in [2.05, 4.69) is 58.6 Å². The van der Waals surface area contributed by atoms with Crippen molar-refractivity contribution in [2.45, 2.75) is 18.0 Å². The number of hydrogen-bond acceptors (Lipinski definition) is 2. The van der Waals surface area contributed by atoms with Gasteiger partial charge < -0.3 is 0 Å². The van der Waals surface area contributed by atoms with Gasteiger partial charge in [-0.25, -0.2) is 4.98 Å². The highest BCUT2D eigenvalue weighted by atomic mass is 32.1. The topological polar surface area (TPSA) is 17.8 Å². The van der Waals surface area contributed by atoms with E-state index >= 15 is 0 Å². The minimum Gasteiger partial charge on any atom is -0.287 e. The van der Waals surface area contributed by atoms with Gasteiger partial charge in [-0.2, -0.15) is 0 Å². The molecule has 0 atom stereocenters. The van der Waals surface area contributed by atoms with Crippen molar-refractivity contribution in [1.82, 2.24) is 9.55 Å². The van der Waals surface area contributed by atoms with E-state index in [9.17, 15) is 0 Å². The molecule has 0 N–H and O–H groups in total. The molecule has 1 aliphatic rings. The molecule has 2 aromatic carbocycles. The van der Waals surface area contributed by atoms with Crippen molar-refractivity contribution in [2.24, 2.45) is 0 Å². The van der Waals surface area contributed by atoms with Gasteiger partial charge in [0.05, 0.1) is 16.7 Å². The molecular formula is C17H14N2S. The molecule has 0 radical (unpaired) electrons. The molecule has 0 bridgehead atoms. The monoisotopic (exact) mass is 278 g/mol. The fourth-order valence-corrected chi connectivity index (χ4v) is 3.24. The van der Waals surface area contributed by atoms with E-state index in [-0.39, 0.29) is 0 Å². The van der Waals surface area contributed by atoms with Gasteiger partial charge in [-0.05, 0) is 42.2 Å². The third kappa shape index (κ3) is 1.70. The average Bonchev–Trinajstić information content (AvgIpc) is 2.82. The summed E-state index contributed by atoms with van der Waals surface area (Å²) in [6.45, 7) is 0. The van der Waals surface area contributed by atoms with Gasteiger partial charge in [0.2, 0.25) is 0 Å². The van der Waals surface area contributed by atoms with Crippen LogP contribution in [0.5, 0.6) is 0 Å². The lowest BCUT2D eigenvalue weighted by Crippen LogP contribution is -2.04. The number of rotatable bonds is 1. The molecule has 0 aliphatic heterocycles. The maximum absolute atomic E-state index is 4.57. The number of hydrogen-bond donors (Lipinski definition) is 1. The fourth-order valence-electron chi connectivity index (χ4n) is 2.92. The van der Waals surface area contributed by atoms with Crippen molar-refractivity contribution in [3.63, 3.8) is 0 Å². The molecule has 0 amide bonds. The summed E-state index contributed by atoms with van der Waals surface area (Å²) < 4.78 is 2.15. The summed E-state index contributed by atoms with van der Waals surface area (Å²) in [5.41, 5.74) is 5.99. The van der Waals surface area contributed by atoms with Crippen LogP contribution in [0.4, 0.5) is 0 Å². The molecule has 3 aromatic rings. The number of imidazole rings is 1. The summed E-state index contributed by atoms with van der Waals surface area (Å²) in [6, 6.07) is 14.6. The second-order valence-corrected chi connectivity index (χ2v) is 5.42. The van der Waals surface area contributed by atoms with Gasteiger partial charge in [-0.3, -0.25) is 4.57 Å². The van der Waals surface area contributed by atoms with Gasteiger partial charge in [0.25, 0.3) is 0 Å². The van der Waals surface area contributed by atoms with Crippen molar-refractivity contribution in [1.29, 1.82) is 0 Å². The van der Waals surface area contributed by atoms with Crippen molar-refractivity contribution in [3.05, 3.63) is 59.7 Å². The van der Waals surface area contributed by atoms with Crippen molar-refractivity contribution < 1.29 is 0 Å². The number of nitrogens with zero attached hydrogens (tertiary/aromatic N) is 2. The molecule has 0 spiro atoms. The zero-order chi connectivity index (χ0) is 13.5. The average molecular weight is 278 g/mol. The molecule has 3 heteroatoms. The lowest BCUT2D eigenvalue weighted by atomic mass is 9.95. The number of thiol groups is 1. The highest BCUT2D eigenvalue weighted by Crippen LogP contribution is 2.30. The first-order chi connectivity index (χ1) is 9.84. The Kier molecular flexibility index (Phi) is 2.67. The maximum atomic E-state index is 4.57. The molecule has 0 fully saturated rings. The molecule has 1 aliphatic carbocycles. The van der Waals surface area contributed by atoms with Crippen LogP contribution in [0.15, 0.2) is 53.7 Å². The van der Waals surface area contributed by atoms with Crippen molar-refractivity contribution in [2.75, 3.05) is 0 Å². The Morgan fingerprint density at radius 2 is 1.95 bits per heavy atom. The lowest BCUT2D eigenvalue weighted by molar-refractivity contribution is 0.885. The zero-order valence-electron chi connectivity index (χ0n) is 11.0. The molecular weight excluding hydrogens is 264 g/mol. The van der Waals surface area contributed by atoms with E-state index in [4.69, 9.17) is 0 Å². The van der Waals surface area contributed by atoms with Crippen LogP contribution in [0.1, 0.15) is 17.5 Å². The molecule has 4 rings (SSSR count). The molecule has 2 nitrogen and oxygen atoms in total. The highest BCUT2D eigenvalue weighted by molar-refractivity contribution is 7.80. The van der Waals surface area contributed by atoms with Crippen molar-refractivity contribution >= 4 is 29.7 Å². The second-order valence-electron chi connectivity index (χ2n) is 5.02. The first kappa shape index (κ1) is 11.8. The Bertz CT molecular complexity index is 830. The Labute approximate surface area is 123 Å². The zero-order valence-corrected chi connectivity index (χ0v) is 11.8. The summed E-state index contributed by atoms with van der Waals surface area (Å²) >= 11 is 4.57. The van der Waals surface area contributed by atoms with Gasteiger partial charge in [-0.15, -0.1) is 12.6 Å². The third-order valence-corrected chi connectivity index (χ3v) is 4.13. The Balaban J connectivity index is 2.05. The molecule has 0 unspecified atom stereocenters. The van der Waals surface area contributed by atoms with Gasteiger partial charge in [-0.1, -0.05) is 36.4 Å². The molecule has 1 aromatic heterocycles. The Morgan fingerprint density at radius 3 is 2.90 bits per heavy atom. The minimum atomic E-state index is 0.745. The van der Waals surface area contributed by atoms with Crippen LogP contribution in [-0.2, 0) is 6.42 Å². The second kappa shape index (κ2) is 4.53. The molecule has 1 heterocycles. The van der Waals surface area contributed by atoms with Crippen molar-refractivity contribution in [3.8, 4) is 5.69 Å². The first-order valence-electron chi connectivity index (χ1n) is 6.80. The SMILES string of the molecule is Sc1nc2ccccc2n1-c1cccc2c1CCC=C2. The van der Waals surface area contributed by atoms with E-state index in [0.717, 1.165) is 29.0 Å². The number of para-hydroxylation sites is 2. The van der Waals surface area contributed by atoms with E-state index in [1.165, 1.54) is 16.8 Å². The van der Waals surface area contributed by atoms with E-state index in [1.807, 2.05) is 18.2 Å². The number of fused-ring (bicyclic) bond motifs is 2. The first-order valence-corrected chi connectivity index (χ1v) is 7.24. The number of aromatic nitrogens is 2. The van der Waals surface area contributed by atoms with Crippen LogP contribution in [0, 0.1) is 0 Å². The van der Waals surface area contributed by atoms with E-state index in [1.54, 1.807) is 0 Å². The van der Waals surface area contributed by atoms with Gasteiger partial charge in [0.15, 0.2) is 5.16 Å². The quantitative estimate of drug-likeness (QED) is 0.658. The number of benzene rings is 2. The standard InChI is InChI=1S/C17H14N2S/c20-17-18-14-9-3-4-10-16(14)19(17)15-11-5-7-12-6-1-2-8-13(12)15/h1,3-7,9-11H,2,8H2,(H,18,20). The van der Waals surface area contributed by atoms with Crippen LogP contribution < -0.4 is 0 Å². The van der Waals surface area contributed by atoms with Crippen LogP contribution >= 0.6 is 12.6 Å². The van der Waals surface area contributed by atoms with Crippen LogP contribution in [0.2, 0.25) is 0 Å². The summed E-state index contributed by atoms with van der Waals surface area (Å²) in [5.74, 6) is 0. The van der Waals surface area contributed by atoms with Gasteiger partial charge in [0.1, 0.15) is 0 Å². The molecule has 0 saturated carbocycles. The summed E-state index contributed by atoms with van der Waals surface area (Å²) in [5, 5.41) is 0.745. The Morgan fingerprint density at radius 1 is 1.05 bits per heavy atom. The fraction of sp³-hybridized carbons (Fsp3) is 0.118. The summed E-state index contributed by atoms with van der Waals surface area (Å²) in [7, 11) is 0. The highest BCUT2D eigenvalue weighted by Gasteiger charge is 2.15. The largest absolute Gasteiger partial charge is 0.287 e. The normalized spacial score (nSPS) is 13.7. The van der Waals surface area contributed by atoms with Crippen LogP contribution in [-0.4, -0.2) is 9.55 Å². The smallest absolute Gasteiger partial charge is 0.170 e. The van der Waals surface area contributed by atoms with Gasteiger partial charge in [0, 0.05) is 0 Å². The molecule has 98 valence electrons. The molecule has 0 saturated heterocycles. The lowest BCUT2D eigenvalue weighted by Gasteiger charge is -2.17. The van der Waals surface area contributed by atoms with Crippen LogP contribution in [0.25, 0.3) is 22.8 Å². The van der Waals surface area contributed by atoms with E-state index in [0.29, 0.717) is 0 Å². The van der Waals surface area contributed by atoms with E-state index < -0.39 is 0 Å². The maximum Gasteiger partial charge on any atom is 0.170 e.